The molecule has 0 aromatic rings. The SMILES string of the molecule is CCCN(C)/C=C/NC. The molecule has 54 valence electrons. The van der Waals surface area contributed by atoms with E-state index in [1.54, 1.807) is 0 Å². The van der Waals surface area contributed by atoms with Crippen LogP contribution in [-0.4, -0.2) is 25.5 Å². The third kappa shape index (κ3) is 5.21. The predicted octanol–water partition coefficient (Wildman–Crippen LogP) is 1.02. The fourth-order valence-corrected chi connectivity index (χ4v) is 0.629. The average molecular weight is 128 g/mol. The van der Waals surface area contributed by atoms with Gasteiger partial charge < -0.3 is 10.2 Å². The molecule has 0 aliphatic carbocycles. The minimum absolute atomic E-state index is 1.12. The first-order valence-electron chi connectivity index (χ1n) is 3.35. The highest BCUT2D eigenvalue weighted by Gasteiger charge is 1.83. The zero-order valence-corrected chi connectivity index (χ0v) is 6.52. The predicted molar refractivity (Wildman–Crippen MR) is 41.1 cm³/mol. The van der Waals surface area contributed by atoms with Crippen molar-refractivity contribution in [3.63, 3.8) is 0 Å². The van der Waals surface area contributed by atoms with Gasteiger partial charge in [-0.25, -0.2) is 0 Å². The van der Waals surface area contributed by atoms with Crippen molar-refractivity contribution in [1.29, 1.82) is 0 Å². The lowest BCUT2D eigenvalue weighted by atomic mass is 10.4. The van der Waals surface area contributed by atoms with Gasteiger partial charge in [0.25, 0.3) is 0 Å². The van der Waals surface area contributed by atoms with Crippen molar-refractivity contribution < 1.29 is 0 Å². The summed E-state index contributed by atoms with van der Waals surface area (Å²) < 4.78 is 0. The van der Waals surface area contributed by atoms with Gasteiger partial charge in [0.1, 0.15) is 0 Å². The van der Waals surface area contributed by atoms with Crippen LogP contribution < -0.4 is 5.32 Å². The number of rotatable bonds is 4. The van der Waals surface area contributed by atoms with Gasteiger partial charge in [0.05, 0.1) is 0 Å². The minimum atomic E-state index is 1.12. The van der Waals surface area contributed by atoms with Crippen molar-refractivity contribution in [3.8, 4) is 0 Å². The maximum atomic E-state index is 2.93. The highest BCUT2D eigenvalue weighted by atomic mass is 15.1. The van der Waals surface area contributed by atoms with E-state index in [4.69, 9.17) is 0 Å². The molecule has 1 N–H and O–H groups in total. The molecule has 0 radical (unpaired) electrons. The molecule has 0 rings (SSSR count). The van der Waals surface area contributed by atoms with Gasteiger partial charge in [0.2, 0.25) is 0 Å². The third-order valence-electron chi connectivity index (χ3n) is 1.07. The Labute approximate surface area is 57.5 Å². The summed E-state index contributed by atoms with van der Waals surface area (Å²) in [5.41, 5.74) is 0. The number of nitrogens with zero attached hydrogens (tertiary/aromatic N) is 1. The molecule has 0 aromatic heterocycles. The van der Waals surface area contributed by atoms with Gasteiger partial charge in [0, 0.05) is 33.0 Å². The molecule has 0 saturated carbocycles. The zero-order chi connectivity index (χ0) is 7.11. The molecule has 0 amide bonds. The van der Waals surface area contributed by atoms with E-state index in [-0.39, 0.29) is 0 Å². The molecular weight excluding hydrogens is 112 g/mol. The lowest BCUT2D eigenvalue weighted by Gasteiger charge is -2.10. The van der Waals surface area contributed by atoms with Crippen LogP contribution in [0, 0.1) is 0 Å². The number of nitrogens with one attached hydrogen (secondary N) is 1. The van der Waals surface area contributed by atoms with Crippen LogP contribution >= 0.6 is 0 Å². The van der Waals surface area contributed by atoms with Crippen molar-refractivity contribution in [3.05, 3.63) is 12.4 Å². The van der Waals surface area contributed by atoms with Crippen molar-refractivity contribution in [2.45, 2.75) is 13.3 Å². The maximum Gasteiger partial charge on any atom is 0.0167 e. The van der Waals surface area contributed by atoms with E-state index in [9.17, 15) is 0 Å². The van der Waals surface area contributed by atoms with E-state index >= 15 is 0 Å². The molecule has 0 unspecified atom stereocenters. The molecule has 0 heterocycles. The van der Waals surface area contributed by atoms with Gasteiger partial charge in [0.15, 0.2) is 0 Å². The second-order valence-corrected chi connectivity index (χ2v) is 2.09. The molecule has 0 spiro atoms. The lowest BCUT2D eigenvalue weighted by Crippen LogP contribution is -2.12. The van der Waals surface area contributed by atoms with Crippen LogP contribution in [0.1, 0.15) is 13.3 Å². The fraction of sp³-hybridized carbons (Fsp3) is 0.714. The molecule has 0 bridgehead atoms. The summed E-state index contributed by atoms with van der Waals surface area (Å²) >= 11 is 0. The third-order valence-corrected chi connectivity index (χ3v) is 1.07. The van der Waals surface area contributed by atoms with Crippen LogP contribution in [-0.2, 0) is 0 Å². The quantitative estimate of drug-likeness (QED) is 0.608. The van der Waals surface area contributed by atoms with Gasteiger partial charge in [-0.2, -0.15) is 0 Å². The maximum absolute atomic E-state index is 2.93. The second kappa shape index (κ2) is 5.48. The molecule has 0 aromatic carbocycles. The molecule has 2 nitrogen and oxygen atoms in total. The van der Waals surface area contributed by atoms with Crippen LogP contribution in [0.25, 0.3) is 0 Å². The average Bonchev–Trinajstić information content (AvgIpc) is 1.85. The second-order valence-electron chi connectivity index (χ2n) is 2.09. The summed E-state index contributed by atoms with van der Waals surface area (Å²) in [5, 5.41) is 2.93. The van der Waals surface area contributed by atoms with E-state index in [0.717, 1.165) is 6.54 Å². The zero-order valence-electron chi connectivity index (χ0n) is 6.52. The Kier molecular flexibility index (Phi) is 5.07. The highest BCUT2D eigenvalue weighted by molar-refractivity contribution is 4.76. The highest BCUT2D eigenvalue weighted by Crippen LogP contribution is 1.84. The summed E-state index contributed by atoms with van der Waals surface area (Å²) in [5.74, 6) is 0. The van der Waals surface area contributed by atoms with Crippen molar-refractivity contribution in [2.24, 2.45) is 0 Å². The van der Waals surface area contributed by atoms with E-state index in [1.165, 1.54) is 6.42 Å². The van der Waals surface area contributed by atoms with Gasteiger partial charge in [-0.3, -0.25) is 0 Å². The molecule has 0 aliphatic rings. The smallest absolute Gasteiger partial charge is 0.0167 e. The lowest BCUT2D eigenvalue weighted by molar-refractivity contribution is 0.452. The Hall–Kier alpha value is -0.660. The Morgan fingerprint density at radius 3 is 2.67 bits per heavy atom. The number of hydrogen-bond donors (Lipinski definition) is 1. The van der Waals surface area contributed by atoms with Crippen molar-refractivity contribution >= 4 is 0 Å². The van der Waals surface area contributed by atoms with Crippen molar-refractivity contribution in [2.75, 3.05) is 20.6 Å². The normalized spacial score (nSPS) is 10.1. The summed E-state index contributed by atoms with van der Waals surface area (Å²) in [6.07, 6.45) is 5.16. The minimum Gasteiger partial charge on any atom is -0.393 e. The standard InChI is InChI=1S/C7H16N2/c1-4-6-9(3)7-5-8-2/h5,7-8H,4,6H2,1-3H3/b7-5+. The molecular formula is C7H16N2. The van der Waals surface area contributed by atoms with E-state index < -0.39 is 0 Å². The van der Waals surface area contributed by atoms with Crippen molar-refractivity contribution in [1.82, 2.24) is 10.2 Å². The van der Waals surface area contributed by atoms with Crippen LogP contribution in [0.5, 0.6) is 0 Å². The van der Waals surface area contributed by atoms with E-state index in [0.29, 0.717) is 0 Å². The molecule has 9 heavy (non-hydrogen) atoms. The Morgan fingerprint density at radius 2 is 2.22 bits per heavy atom. The topological polar surface area (TPSA) is 15.3 Å². The van der Waals surface area contributed by atoms with Gasteiger partial charge in [-0.1, -0.05) is 6.92 Å². The van der Waals surface area contributed by atoms with Crippen LogP contribution in [0.4, 0.5) is 0 Å². The van der Waals surface area contributed by atoms with Gasteiger partial charge in [-0.05, 0) is 6.42 Å². The molecule has 2 heteroatoms. The Morgan fingerprint density at radius 1 is 1.56 bits per heavy atom. The first-order chi connectivity index (χ1) is 4.31. The van der Waals surface area contributed by atoms with E-state index in [1.807, 2.05) is 19.4 Å². The summed E-state index contributed by atoms with van der Waals surface area (Å²) in [7, 11) is 3.97. The summed E-state index contributed by atoms with van der Waals surface area (Å²) in [6, 6.07) is 0. The monoisotopic (exact) mass is 128 g/mol. The molecule has 0 saturated heterocycles. The largest absolute Gasteiger partial charge is 0.393 e. The van der Waals surface area contributed by atoms with Gasteiger partial charge in [-0.15, -0.1) is 0 Å². The summed E-state index contributed by atoms with van der Waals surface area (Å²) in [4.78, 5) is 2.15. The van der Waals surface area contributed by atoms with Crippen LogP contribution in [0.3, 0.4) is 0 Å². The Balaban J connectivity index is 3.25. The van der Waals surface area contributed by atoms with Crippen LogP contribution in [0.15, 0.2) is 12.4 Å². The fourth-order valence-electron chi connectivity index (χ4n) is 0.629. The Bertz CT molecular complexity index is 79.0. The molecule has 0 atom stereocenters. The van der Waals surface area contributed by atoms with Crippen LogP contribution in [0.2, 0.25) is 0 Å². The summed E-state index contributed by atoms with van der Waals surface area (Å²) in [6.45, 7) is 3.29. The van der Waals surface area contributed by atoms with E-state index in [2.05, 4.69) is 24.2 Å². The first kappa shape index (κ1) is 8.34. The molecule has 0 aliphatic heterocycles. The first-order valence-corrected chi connectivity index (χ1v) is 3.35. The number of hydrogen-bond acceptors (Lipinski definition) is 2. The molecule has 0 fully saturated rings. The van der Waals surface area contributed by atoms with Gasteiger partial charge >= 0.3 is 0 Å².